The standard InChI is InChI=1S/C13H13N5O2.ClH/c14-13(15)17-12(19)9-3-1-4-10(7-9)18-6-2-5-11(18)8-16-20;/h1-8,20H,(H4,14,15,17,19);1H/b16-8-;. The van der Waals surface area contributed by atoms with Crippen molar-refractivity contribution in [3.05, 3.63) is 53.9 Å². The Morgan fingerprint density at radius 1 is 1.24 bits per heavy atom. The predicted octanol–water partition coefficient (Wildman–Crippen LogP) is 1.12. The molecule has 21 heavy (non-hydrogen) atoms. The molecule has 0 aliphatic heterocycles. The first-order valence-electron chi connectivity index (χ1n) is 5.71. The third-order valence-corrected chi connectivity index (χ3v) is 2.57. The molecule has 2 rings (SSSR count). The fourth-order valence-corrected chi connectivity index (χ4v) is 1.76. The number of aromatic nitrogens is 1. The van der Waals surface area contributed by atoms with Crippen molar-refractivity contribution < 1.29 is 10.0 Å². The van der Waals surface area contributed by atoms with Gasteiger partial charge in [0.05, 0.1) is 11.9 Å². The van der Waals surface area contributed by atoms with E-state index in [1.54, 1.807) is 47.2 Å². The fraction of sp³-hybridized carbons (Fsp3) is 0. The van der Waals surface area contributed by atoms with Crippen molar-refractivity contribution >= 4 is 30.5 Å². The molecule has 5 N–H and O–H groups in total. The van der Waals surface area contributed by atoms with Gasteiger partial charge in [-0.2, -0.15) is 4.99 Å². The highest BCUT2D eigenvalue weighted by molar-refractivity contribution is 6.02. The van der Waals surface area contributed by atoms with E-state index in [1.807, 2.05) is 0 Å². The quantitative estimate of drug-likeness (QED) is 0.340. The van der Waals surface area contributed by atoms with Gasteiger partial charge in [0.25, 0.3) is 5.91 Å². The van der Waals surface area contributed by atoms with Gasteiger partial charge in [0, 0.05) is 17.4 Å². The van der Waals surface area contributed by atoms with Crippen molar-refractivity contribution in [2.24, 2.45) is 21.6 Å². The average Bonchev–Trinajstić information content (AvgIpc) is 2.87. The summed E-state index contributed by atoms with van der Waals surface area (Å²) in [5, 5.41) is 11.6. The number of carbonyl (C=O) groups is 1. The average molecular weight is 308 g/mol. The largest absolute Gasteiger partial charge is 0.411 e. The number of guanidine groups is 1. The highest BCUT2D eigenvalue weighted by atomic mass is 35.5. The van der Waals surface area contributed by atoms with E-state index in [2.05, 4.69) is 10.1 Å². The number of oxime groups is 1. The zero-order valence-electron chi connectivity index (χ0n) is 10.9. The molecule has 0 spiro atoms. The summed E-state index contributed by atoms with van der Waals surface area (Å²) in [6, 6.07) is 10.3. The molecule has 0 fully saturated rings. The van der Waals surface area contributed by atoms with Crippen molar-refractivity contribution in [1.82, 2.24) is 4.57 Å². The van der Waals surface area contributed by atoms with Gasteiger partial charge in [-0.05, 0) is 30.3 Å². The van der Waals surface area contributed by atoms with Gasteiger partial charge in [-0.3, -0.25) is 4.79 Å². The molecular weight excluding hydrogens is 294 g/mol. The van der Waals surface area contributed by atoms with Crippen LogP contribution in [0.3, 0.4) is 0 Å². The van der Waals surface area contributed by atoms with Crippen molar-refractivity contribution in [3.63, 3.8) is 0 Å². The van der Waals surface area contributed by atoms with Gasteiger partial charge in [0.2, 0.25) is 0 Å². The molecule has 8 heteroatoms. The number of aliphatic imine (C=N–C) groups is 1. The number of hydrogen-bond acceptors (Lipinski definition) is 3. The summed E-state index contributed by atoms with van der Waals surface area (Å²) in [4.78, 5) is 15.3. The van der Waals surface area contributed by atoms with E-state index >= 15 is 0 Å². The second-order valence-electron chi connectivity index (χ2n) is 3.94. The molecule has 1 amide bonds. The molecule has 0 aliphatic rings. The molecule has 0 unspecified atom stereocenters. The van der Waals surface area contributed by atoms with Crippen LogP contribution in [0.5, 0.6) is 0 Å². The number of carbonyl (C=O) groups excluding carboxylic acids is 1. The number of benzene rings is 1. The van der Waals surface area contributed by atoms with E-state index in [4.69, 9.17) is 16.7 Å². The first-order chi connectivity index (χ1) is 9.61. The highest BCUT2D eigenvalue weighted by Crippen LogP contribution is 2.14. The van der Waals surface area contributed by atoms with Crippen LogP contribution >= 0.6 is 12.4 Å². The Labute approximate surface area is 127 Å². The van der Waals surface area contributed by atoms with E-state index in [1.165, 1.54) is 6.21 Å². The van der Waals surface area contributed by atoms with Gasteiger partial charge >= 0.3 is 0 Å². The number of halogens is 1. The van der Waals surface area contributed by atoms with Gasteiger partial charge in [0.1, 0.15) is 0 Å². The van der Waals surface area contributed by atoms with Crippen LogP contribution in [-0.4, -0.2) is 27.9 Å². The molecule has 7 nitrogen and oxygen atoms in total. The number of nitrogens with zero attached hydrogens (tertiary/aromatic N) is 3. The zero-order valence-corrected chi connectivity index (χ0v) is 11.7. The summed E-state index contributed by atoms with van der Waals surface area (Å²) in [5.74, 6) is -0.800. The van der Waals surface area contributed by atoms with E-state index < -0.39 is 5.91 Å². The lowest BCUT2D eigenvalue weighted by atomic mass is 10.2. The van der Waals surface area contributed by atoms with Gasteiger partial charge < -0.3 is 21.2 Å². The van der Waals surface area contributed by atoms with E-state index in [0.717, 1.165) is 5.69 Å². The minimum absolute atomic E-state index is 0. The molecule has 2 aromatic rings. The summed E-state index contributed by atoms with van der Waals surface area (Å²) >= 11 is 0. The van der Waals surface area contributed by atoms with E-state index in [9.17, 15) is 4.79 Å². The molecule has 0 atom stereocenters. The molecule has 0 saturated carbocycles. The van der Waals surface area contributed by atoms with Crippen LogP contribution in [0, 0.1) is 0 Å². The van der Waals surface area contributed by atoms with Gasteiger partial charge in [0.15, 0.2) is 5.96 Å². The lowest BCUT2D eigenvalue weighted by molar-refractivity contribution is 0.100. The Morgan fingerprint density at radius 2 is 2.00 bits per heavy atom. The van der Waals surface area contributed by atoms with Crippen LogP contribution in [0.15, 0.2) is 52.7 Å². The number of hydrogen-bond donors (Lipinski definition) is 3. The number of nitrogens with two attached hydrogens (primary N) is 2. The first-order valence-corrected chi connectivity index (χ1v) is 5.71. The maximum Gasteiger partial charge on any atom is 0.280 e. The van der Waals surface area contributed by atoms with Gasteiger partial charge in [-0.25, -0.2) is 0 Å². The Balaban J connectivity index is 0.00000220. The second-order valence-corrected chi connectivity index (χ2v) is 3.94. The molecule has 1 heterocycles. The molecule has 110 valence electrons. The third-order valence-electron chi connectivity index (χ3n) is 2.57. The van der Waals surface area contributed by atoms with Gasteiger partial charge in [-0.15, -0.1) is 12.4 Å². The Morgan fingerprint density at radius 3 is 2.67 bits per heavy atom. The number of amides is 1. The van der Waals surface area contributed by atoms with Crippen LogP contribution in [0.25, 0.3) is 5.69 Å². The summed E-state index contributed by atoms with van der Waals surface area (Å²) in [5.41, 5.74) is 12.1. The first kappa shape index (κ1) is 16.3. The molecule has 0 radical (unpaired) electrons. The SMILES string of the molecule is Cl.NC(N)=NC(=O)c1cccc(-n2cccc2/C=N\O)c1. The Hall–Kier alpha value is -2.80. The van der Waals surface area contributed by atoms with Crippen molar-refractivity contribution in [3.8, 4) is 5.69 Å². The smallest absolute Gasteiger partial charge is 0.280 e. The lowest BCUT2D eigenvalue weighted by Gasteiger charge is -2.07. The maximum atomic E-state index is 11.8. The second kappa shape index (κ2) is 7.11. The molecule has 1 aromatic carbocycles. The molecule has 0 bridgehead atoms. The van der Waals surface area contributed by atoms with Gasteiger partial charge in [-0.1, -0.05) is 11.2 Å². The van der Waals surface area contributed by atoms with Crippen molar-refractivity contribution in [2.75, 3.05) is 0 Å². The molecule has 0 aliphatic carbocycles. The maximum absolute atomic E-state index is 11.8. The van der Waals surface area contributed by atoms with Crippen LogP contribution in [-0.2, 0) is 0 Å². The van der Waals surface area contributed by atoms with Crippen LogP contribution in [0.4, 0.5) is 0 Å². The topological polar surface area (TPSA) is 119 Å². The minimum atomic E-state index is -0.517. The zero-order chi connectivity index (χ0) is 14.5. The highest BCUT2D eigenvalue weighted by Gasteiger charge is 2.07. The molecular formula is C13H14ClN5O2. The van der Waals surface area contributed by atoms with Crippen LogP contribution < -0.4 is 11.5 Å². The number of rotatable bonds is 3. The van der Waals surface area contributed by atoms with E-state index in [0.29, 0.717) is 11.3 Å². The summed E-state index contributed by atoms with van der Waals surface area (Å²) in [6.07, 6.45) is 3.08. The van der Waals surface area contributed by atoms with Crippen molar-refractivity contribution in [1.29, 1.82) is 0 Å². The van der Waals surface area contributed by atoms with E-state index in [-0.39, 0.29) is 18.4 Å². The summed E-state index contributed by atoms with van der Waals surface area (Å²) in [6.45, 7) is 0. The minimum Gasteiger partial charge on any atom is -0.411 e. The summed E-state index contributed by atoms with van der Waals surface area (Å²) in [7, 11) is 0. The molecule has 0 saturated heterocycles. The Kier molecular flexibility index (Phi) is 5.50. The monoisotopic (exact) mass is 307 g/mol. The van der Waals surface area contributed by atoms with Crippen LogP contribution in [0.1, 0.15) is 16.1 Å². The normalized spacial score (nSPS) is 10.1. The predicted molar refractivity (Wildman–Crippen MR) is 82.5 cm³/mol. The molecule has 1 aromatic heterocycles. The lowest BCUT2D eigenvalue weighted by Crippen LogP contribution is -2.24. The van der Waals surface area contributed by atoms with Crippen molar-refractivity contribution in [2.45, 2.75) is 0 Å². The fourth-order valence-electron chi connectivity index (χ4n) is 1.76. The third kappa shape index (κ3) is 3.83. The van der Waals surface area contributed by atoms with Crippen LogP contribution in [0.2, 0.25) is 0 Å². The Bertz CT molecular complexity index is 689. The summed E-state index contributed by atoms with van der Waals surface area (Å²) < 4.78 is 1.76.